The van der Waals surface area contributed by atoms with Crippen LogP contribution in [0.5, 0.6) is 5.75 Å². The molecule has 158 valence electrons. The average Bonchev–Trinajstić information content (AvgIpc) is 3.39. The summed E-state index contributed by atoms with van der Waals surface area (Å²) in [6, 6.07) is 15.4. The highest BCUT2D eigenvalue weighted by Crippen LogP contribution is 2.33. The van der Waals surface area contributed by atoms with Gasteiger partial charge >= 0.3 is 0 Å². The lowest BCUT2D eigenvalue weighted by Crippen LogP contribution is -2.05. The fraction of sp³-hybridized carbons (Fsp3) is 0.143. The van der Waals surface area contributed by atoms with E-state index in [-0.39, 0.29) is 5.91 Å². The molecule has 0 spiro atoms. The van der Waals surface area contributed by atoms with Crippen LogP contribution in [0.3, 0.4) is 0 Å². The molecular formula is C21H18ClN5O2S2. The summed E-state index contributed by atoms with van der Waals surface area (Å²) in [6.45, 7) is 1.46. The molecule has 1 amide bonds. The molecule has 7 nitrogen and oxygen atoms in total. The van der Waals surface area contributed by atoms with E-state index in [0.29, 0.717) is 32.6 Å². The summed E-state index contributed by atoms with van der Waals surface area (Å²) in [5, 5.41) is 15.3. The highest BCUT2D eigenvalue weighted by molar-refractivity contribution is 7.98. The number of thiazole rings is 1. The molecule has 0 radical (unpaired) electrons. The highest BCUT2D eigenvalue weighted by Gasteiger charge is 2.18. The number of rotatable bonds is 7. The van der Waals surface area contributed by atoms with E-state index in [0.717, 1.165) is 16.9 Å². The van der Waals surface area contributed by atoms with E-state index in [1.54, 1.807) is 7.11 Å². The number of nitrogens with zero attached hydrogens (tertiary/aromatic N) is 4. The van der Waals surface area contributed by atoms with Gasteiger partial charge in [-0.1, -0.05) is 53.7 Å². The maximum Gasteiger partial charge on any atom is 0.223 e. The van der Waals surface area contributed by atoms with Crippen LogP contribution in [0.25, 0.3) is 17.1 Å². The first-order chi connectivity index (χ1) is 15.0. The predicted octanol–water partition coefficient (Wildman–Crippen LogP) is 5.30. The number of hydrogen-bond donors (Lipinski definition) is 1. The van der Waals surface area contributed by atoms with Gasteiger partial charge < -0.3 is 10.1 Å². The molecule has 0 atom stereocenters. The number of carbonyl (C=O) groups is 1. The van der Waals surface area contributed by atoms with Crippen LogP contribution in [0.15, 0.2) is 59.1 Å². The fourth-order valence-corrected chi connectivity index (χ4v) is 4.84. The number of hydrogen-bond acceptors (Lipinski definition) is 7. The van der Waals surface area contributed by atoms with E-state index in [4.69, 9.17) is 16.3 Å². The lowest BCUT2D eigenvalue weighted by molar-refractivity contribution is -0.114. The summed E-state index contributed by atoms with van der Waals surface area (Å²) in [5.74, 6) is 1.74. The third-order valence-corrected chi connectivity index (χ3v) is 6.31. The molecule has 31 heavy (non-hydrogen) atoms. The quantitative estimate of drug-likeness (QED) is 0.368. The molecule has 0 saturated heterocycles. The third kappa shape index (κ3) is 4.90. The van der Waals surface area contributed by atoms with Gasteiger partial charge in [0.15, 0.2) is 16.1 Å². The minimum Gasteiger partial charge on any atom is -0.495 e. The number of amides is 1. The van der Waals surface area contributed by atoms with Gasteiger partial charge in [0.2, 0.25) is 5.91 Å². The number of carbonyl (C=O) groups excluding carboxylic acids is 1. The van der Waals surface area contributed by atoms with E-state index < -0.39 is 0 Å². The van der Waals surface area contributed by atoms with Crippen molar-refractivity contribution in [3.63, 3.8) is 0 Å². The monoisotopic (exact) mass is 471 g/mol. The average molecular weight is 472 g/mol. The molecular weight excluding hydrogens is 454 g/mol. The van der Waals surface area contributed by atoms with Crippen LogP contribution in [-0.2, 0) is 10.5 Å². The predicted molar refractivity (Wildman–Crippen MR) is 124 cm³/mol. The Morgan fingerprint density at radius 1 is 1.23 bits per heavy atom. The van der Waals surface area contributed by atoms with Crippen LogP contribution in [0.2, 0.25) is 5.02 Å². The molecule has 0 bridgehead atoms. The number of methoxy groups -OCH3 is 1. The van der Waals surface area contributed by atoms with Crippen molar-refractivity contribution in [3.8, 4) is 22.8 Å². The fourth-order valence-electron chi connectivity index (χ4n) is 2.88. The molecule has 2 aromatic carbocycles. The van der Waals surface area contributed by atoms with Gasteiger partial charge in [0, 0.05) is 23.6 Å². The number of benzene rings is 2. The van der Waals surface area contributed by atoms with Crippen LogP contribution in [0.4, 0.5) is 5.13 Å². The first-order valence-electron chi connectivity index (χ1n) is 9.24. The third-order valence-electron chi connectivity index (χ3n) is 4.24. The second-order valence-electron chi connectivity index (χ2n) is 6.44. The summed E-state index contributed by atoms with van der Waals surface area (Å²) >= 11 is 9.28. The first-order valence-corrected chi connectivity index (χ1v) is 11.5. The highest BCUT2D eigenvalue weighted by atomic mass is 35.5. The van der Waals surface area contributed by atoms with Crippen LogP contribution in [-0.4, -0.2) is 32.8 Å². The molecule has 4 rings (SSSR count). The van der Waals surface area contributed by atoms with E-state index in [2.05, 4.69) is 20.5 Å². The SMILES string of the molecule is COc1ccc(-n2c(SCc3csc(NC(C)=O)n3)nnc2-c2ccccc2)cc1Cl. The Hall–Kier alpha value is -2.88. The minimum absolute atomic E-state index is 0.141. The number of halogens is 1. The molecule has 0 unspecified atom stereocenters. The maximum atomic E-state index is 11.2. The van der Waals surface area contributed by atoms with Crippen molar-refractivity contribution in [2.24, 2.45) is 0 Å². The first kappa shape index (κ1) is 21.4. The lowest BCUT2D eigenvalue weighted by atomic mass is 10.2. The molecule has 1 N–H and O–H groups in total. The summed E-state index contributed by atoms with van der Waals surface area (Å²) in [5.41, 5.74) is 2.62. The van der Waals surface area contributed by atoms with E-state index >= 15 is 0 Å². The van der Waals surface area contributed by atoms with Crippen molar-refractivity contribution in [3.05, 3.63) is 64.6 Å². The summed E-state index contributed by atoms with van der Waals surface area (Å²) in [6.07, 6.45) is 0. The van der Waals surface area contributed by atoms with Crippen LogP contribution in [0, 0.1) is 0 Å². The largest absolute Gasteiger partial charge is 0.495 e. The zero-order valence-corrected chi connectivity index (χ0v) is 19.1. The number of ether oxygens (including phenoxy) is 1. The van der Waals surface area contributed by atoms with Crippen molar-refractivity contribution in [1.82, 2.24) is 19.7 Å². The molecule has 10 heteroatoms. The van der Waals surface area contributed by atoms with Crippen molar-refractivity contribution < 1.29 is 9.53 Å². The number of thioether (sulfide) groups is 1. The normalized spacial score (nSPS) is 10.8. The van der Waals surface area contributed by atoms with Crippen LogP contribution >= 0.6 is 34.7 Å². The lowest BCUT2D eigenvalue weighted by Gasteiger charge is -2.12. The molecule has 2 aromatic heterocycles. The van der Waals surface area contributed by atoms with Gasteiger partial charge in [-0.15, -0.1) is 21.5 Å². The van der Waals surface area contributed by atoms with Gasteiger partial charge in [-0.25, -0.2) is 4.98 Å². The Balaban J connectivity index is 1.68. The minimum atomic E-state index is -0.141. The molecule has 0 fully saturated rings. The summed E-state index contributed by atoms with van der Waals surface area (Å²) in [4.78, 5) is 15.7. The maximum absolute atomic E-state index is 11.2. The Morgan fingerprint density at radius 3 is 2.74 bits per heavy atom. The Labute approximate surface area is 192 Å². The van der Waals surface area contributed by atoms with Crippen LogP contribution < -0.4 is 10.1 Å². The van der Waals surface area contributed by atoms with Crippen molar-refractivity contribution >= 4 is 45.7 Å². The van der Waals surface area contributed by atoms with Crippen molar-refractivity contribution in [2.45, 2.75) is 17.8 Å². The van der Waals surface area contributed by atoms with Crippen LogP contribution in [0.1, 0.15) is 12.6 Å². The Bertz CT molecular complexity index is 1210. The Morgan fingerprint density at radius 2 is 2.03 bits per heavy atom. The van der Waals surface area contributed by atoms with E-state index in [1.165, 1.54) is 30.0 Å². The zero-order valence-electron chi connectivity index (χ0n) is 16.7. The number of anilines is 1. The van der Waals surface area contributed by atoms with E-state index in [1.807, 2.05) is 58.5 Å². The van der Waals surface area contributed by atoms with Gasteiger partial charge in [-0.05, 0) is 18.2 Å². The van der Waals surface area contributed by atoms with E-state index in [9.17, 15) is 4.79 Å². The zero-order chi connectivity index (χ0) is 21.8. The van der Waals surface area contributed by atoms with Crippen molar-refractivity contribution in [2.75, 3.05) is 12.4 Å². The Kier molecular flexibility index (Phi) is 6.55. The van der Waals surface area contributed by atoms with Gasteiger partial charge in [0.1, 0.15) is 5.75 Å². The summed E-state index contributed by atoms with van der Waals surface area (Å²) in [7, 11) is 1.58. The second kappa shape index (κ2) is 9.51. The number of aromatic nitrogens is 4. The smallest absolute Gasteiger partial charge is 0.223 e. The topological polar surface area (TPSA) is 81.9 Å². The number of nitrogens with one attached hydrogen (secondary N) is 1. The molecule has 0 aliphatic heterocycles. The van der Waals surface area contributed by atoms with Gasteiger partial charge in [-0.2, -0.15) is 0 Å². The second-order valence-corrected chi connectivity index (χ2v) is 8.65. The van der Waals surface area contributed by atoms with Gasteiger partial charge in [-0.3, -0.25) is 9.36 Å². The summed E-state index contributed by atoms with van der Waals surface area (Å²) < 4.78 is 7.25. The molecule has 2 heterocycles. The van der Waals surface area contributed by atoms with Gasteiger partial charge in [0.05, 0.1) is 23.5 Å². The van der Waals surface area contributed by atoms with Gasteiger partial charge in [0.25, 0.3) is 0 Å². The van der Waals surface area contributed by atoms with Crippen molar-refractivity contribution in [1.29, 1.82) is 0 Å². The molecule has 0 aliphatic rings. The molecule has 0 saturated carbocycles. The molecule has 4 aromatic rings. The standard InChI is InChI=1S/C21H18ClN5O2S2/c1-13(28)23-20-24-15(11-30-20)12-31-21-26-25-19(14-6-4-3-5-7-14)27(21)16-8-9-18(29-2)17(22)10-16/h3-11H,12H2,1-2H3,(H,23,24,28). The molecule has 0 aliphatic carbocycles.